The van der Waals surface area contributed by atoms with Gasteiger partial charge in [-0.1, -0.05) is 36.4 Å². The summed E-state index contributed by atoms with van der Waals surface area (Å²) in [6, 6.07) is 15.8. The third kappa shape index (κ3) is 3.27. The molecular weight excluding hydrogens is 312 g/mol. The quantitative estimate of drug-likeness (QED) is 0.887. The lowest BCUT2D eigenvalue weighted by Gasteiger charge is -2.40. The first-order chi connectivity index (χ1) is 12.1. The molecule has 0 unspecified atom stereocenters. The Morgan fingerprint density at radius 1 is 1.04 bits per heavy atom. The molecule has 2 aliphatic heterocycles. The zero-order valence-electron chi connectivity index (χ0n) is 14.4. The van der Waals surface area contributed by atoms with Crippen molar-refractivity contribution in [3.8, 4) is 5.75 Å². The Kier molecular flexibility index (Phi) is 4.22. The molecule has 1 amide bonds. The van der Waals surface area contributed by atoms with Crippen LogP contribution in [-0.4, -0.2) is 29.0 Å². The van der Waals surface area contributed by atoms with Crippen molar-refractivity contribution in [2.45, 2.75) is 32.4 Å². The lowest BCUT2D eigenvalue weighted by molar-refractivity contribution is -0.133. The van der Waals surface area contributed by atoms with Crippen molar-refractivity contribution >= 4 is 5.91 Å². The summed E-state index contributed by atoms with van der Waals surface area (Å²) >= 11 is 0. The number of carbonyl (C=O) groups excluding carboxylic acids is 1. The predicted molar refractivity (Wildman–Crippen MR) is 97.0 cm³/mol. The number of piperidine rings is 1. The molecule has 25 heavy (non-hydrogen) atoms. The monoisotopic (exact) mass is 336 g/mol. The predicted octanol–water partition coefficient (Wildman–Crippen LogP) is 2.85. The summed E-state index contributed by atoms with van der Waals surface area (Å²) in [6.07, 6.45) is 2.60. The Bertz CT molecular complexity index is 779. The number of nitrogens with zero attached hydrogens (tertiary/aromatic N) is 1. The molecule has 0 radical (unpaired) electrons. The van der Waals surface area contributed by atoms with E-state index in [0.717, 1.165) is 44.5 Å². The van der Waals surface area contributed by atoms with Gasteiger partial charge in [-0.25, -0.2) is 0 Å². The van der Waals surface area contributed by atoms with E-state index in [1.807, 2.05) is 24.3 Å². The normalized spacial score (nSPS) is 19.9. The fourth-order valence-electron chi connectivity index (χ4n) is 4.17. The zero-order valence-corrected chi connectivity index (χ0v) is 14.4. The fourth-order valence-corrected chi connectivity index (χ4v) is 4.17. The summed E-state index contributed by atoms with van der Waals surface area (Å²) in [5.74, 6) is 0.520. The molecule has 2 aliphatic rings. The molecule has 0 bridgehead atoms. The highest BCUT2D eigenvalue weighted by molar-refractivity contribution is 5.83. The van der Waals surface area contributed by atoms with E-state index in [9.17, 15) is 9.90 Å². The van der Waals surface area contributed by atoms with E-state index >= 15 is 0 Å². The Morgan fingerprint density at radius 3 is 2.56 bits per heavy atom. The molecule has 2 aromatic carbocycles. The summed E-state index contributed by atoms with van der Waals surface area (Å²) in [5, 5.41) is 12.8. The molecule has 4 rings (SSSR count). The second-order valence-corrected chi connectivity index (χ2v) is 7.35. The molecule has 0 saturated carbocycles. The maximum absolute atomic E-state index is 12.8. The first kappa shape index (κ1) is 16.2. The lowest BCUT2D eigenvalue weighted by atomic mass is 9.73. The molecular formula is C21H24N2O2. The molecule has 130 valence electrons. The number of hydrogen-bond acceptors (Lipinski definition) is 3. The average Bonchev–Trinajstić information content (AvgIpc) is 2.75. The van der Waals surface area contributed by atoms with Crippen molar-refractivity contribution < 1.29 is 9.90 Å². The number of benzene rings is 2. The highest BCUT2D eigenvalue weighted by atomic mass is 16.3. The van der Waals surface area contributed by atoms with Crippen molar-refractivity contribution in [3.63, 3.8) is 0 Å². The number of carbonyl (C=O) groups is 1. The minimum atomic E-state index is -0.276. The summed E-state index contributed by atoms with van der Waals surface area (Å²) < 4.78 is 0. The van der Waals surface area contributed by atoms with E-state index in [2.05, 4.69) is 28.4 Å². The van der Waals surface area contributed by atoms with Crippen LogP contribution in [0.15, 0.2) is 48.5 Å². The molecule has 0 aliphatic carbocycles. The van der Waals surface area contributed by atoms with Crippen LogP contribution >= 0.6 is 0 Å². The van der Waals surface area contributed by atoms with Crippen molar-refractivity contribution in [2.75, 3.05) is 13.1 Å². The molecule has 2 heterocycles. The van der Waals surface area contributed by atoms with Crippen molar-refractivity contribution in [3.05, 3.63) is 65.2 Å². The zero-order chi connectivity index (χ0) is 17.3. The standard InChI is InChI=1S/C21H24N2O2/c24-19-7-3-4-16(12-19)15-23-10-8-21(9-11-23)13-17-5-1-2-6-18(17)14-22-20(21)25/h1-7,12,24H,8-11,13-15H2,(H,22,25). The van der Waals surface area contributed by atoms with Crippen LogP contribution < -0.4 is 5.32 Å². The average molecular weight is 336 g/mol. The van der Waals surface area contributed by atoms with Crippen LogP contribution in [0, 0.1) is 5.41 Å². The molecule has 0 atom stereocenters. The van der Waals surface area contributed by atoms with E-state index in [4.69, 9.17) is 0 Å². The van der Waals surface area contributed by atoms with E-state index in [1.165, 1.54) is 11.1 Å². The number of phenolic OH excluding ortho intramolecular Hbond substituents is 1. The smallest absolute Gasteiger partial charge is 0.226 e. The van der Waals surface area contributed by atoms with Gasteiger partial charge in [-0.05, 0) is 61.2 Å². The second kappa shape index (κ2) is 6.52. The van der Waals surface area contributed by atoms with Crippen LogP contribution in [0.5, 0.6) is 5.75 Å². The van der Waals surface area contributed by atoms with Crippen LogP contribution in [0.1, 0.15) is 29.5 Å². The van der Waals surface area contributed by atoms with Gasteiger partial charge in [0.05, 0.1) is 5.41 Å². The van der Waals surface area contributed by atoms with E-state index in [-0.39, 0.29) is 11.3 Å². The molecule has 2 N–H and O–H groups in total. The van der Waals surface area contributed by atoms with Crippen molar-refractivity contribution in [1.82, 2.24) is 10.2 Å². The van der Waals surface area contributed by atoms with Crippen LogP contribution in [0.2, 0.25) is 0 Å². The first-order valence-corrected chi connectivity index (χ1v) is 9.00. The maximum atomic E-state index is 12.8. The SMILES string of the molecule is O=C1NCc2ccccc2CC12CCN(Cc1cccc(O)c1)CC2. The van der Waals surface area contributed by atoms with Gasteiger partial charge in [-0.3, -0.25) is 9.69 Å². The Morgan fingerprint density at radius 2 is 1.80 bits per heavy atom. The number of hydrogen-bond donors (Lipinski definition) is 2. The molecule has 1 saturated heterocycles. The Balaban J connectivity index is 1.47. The fraction of sp³-hybridized carbons (Fsp3) is 0.381. The number of aromatic hydroxyl groups is 1. The third-order valence-electron chi connectivity index (χ3n) is 5.70. The van der Waals surface area contributed by atoms with Gasteiger partial charge in [0.25, 0.3) is 0 Å². The number of phenols is 1. The number of nitrogens with one attached hydrogen (secondary N) is 1. The first-order valence-electron chi connectivity index (χ1n) is 9.00. The maximum Gasteiger partial charge on any atom is 0.226 e. The van der Waals surface area contributed by atoms with Gasteiger partial charge in [0, 0.05) is 13.1 Å². The van der Waals surface area contributed by atoms with E-state index in [1.54, 1.807) is 6.07 Å². The highest BCUT2D eigenvalue weighted by Crippen LogP contribution is 2.38. The van der Waals surface area contributed by atoms with Crippen LogP contribution in [0.25, 0.3) is 0 Å². The number of amides is 1. The van der Waals surface area contributed by atoms with Crippen molar-refractivity contribution in [2.24, 2.45) is 5.41 Å². The summed E-state index contributed by atoms with van der Waals surface area (Å²) in [5.41, 5.74) is 3.39. The van der Waals surface area contributed by atoms with Gasteiger partial charge >= 0.3 is 0 Å². The van der Waals surface area contributed by atoms with E-state index in [0.29, 0.717) is 12.3 Å². The van der Waals surface area contributed by atoms with Crippen LogP contribution in [-0.2, 0) is 24.3 Å². The third-order valence-corrected chi connectivity index (χ3v) is 5.70. The molecule has 4 nitrogen and oxygen atoms in total. The summed E-state index contributed by atoms with van der Waals surface area (Å²) in [6.45, 7) is 3.28. The minimum Gasteiger partial charge on any atom is -0.508 e. The second-order valence-electron chi connectivity index (χ2n) is 7.35. The van der Waals surface area contributed by atoms with Gasteiger partial charge in [0.1, 0.15) is 5.75 Å². The molecule has 0 aromatic heterocycles. The van der Waals surface area contributed by atoms with Crippen LogP contribution in [0.4, 0.5) is 0 Å². The van der Waals surface area contributed by atoms with Crippen molar-refractivity contribution in [1.29, 1.82) is 0 Å². The Labute approximate surface area is 148 Å². The lowest BCUT2D eigenvalue weighted by Crippen LogP contribution is -2.48. The summed E-state index contributed by atoms with van der Waals surface area (Å²) in [7, 11) is 0. The number of fused-ring (bicyclic) bond motifs is 1. The number of likely N-dealkylation sites (tertiary alicyclic amines) is 1. The largest absolute Gasteiger partial charge is 0.508 e. The number of rotatable bonds is 2. The van der Waals surface area contributed by atoms with Gasteiger partial charge in [0.15, 0.2) is 0 Å². The molecule has 1 spiro atoms. The van der Waals surface area contributed by atoms with Gasteiger partial charge < -0.3 is 10.4 Å². The minimum absolute atomic E-state index is 0.209. The van der Waals surface area contributed by atoms with Gasteiger partial charge in [0.2, 0.25) is 5.91 Å². The van der Waals surface area contributed by atoms with Gasteiger partial charge in [-0.2, -0.15) is 0 Å². The highest BCUT2D eigenvalue weighted by Gasteiger charge is 2.42. The molecule has 1 fully saturated rings. The van der Waals surface area contributed by atoms with Crippen LogP contribution in [0.3, 0.4) is 0 Å². The molecule has 4 heteroatoms. The summed E-state index contributed by atoms with van der Waals surface area (Å²) in [4.78, 5) is 15.2. The Hall–Kier alpha value is -2.33. The van der Waals surface area contributed by atoms with E-state index < -0.39 is 0 Å². The topological polar surface area (TPSA) is 52.6 Å². The van der Waals surface area contributed by atoms with Gasteiger partial charge in [-0.15, -0.1) is 0 Å². The molecule has 2 aromatic rings.